The van der Waals surface area contributed by atoms with E-state index in [1.54, 1.807) is 13.8 Å². The van der Waals surface area contributed by atoms with Gasteiger partial charge in [0.05, 0.1) is 6.54 Å². The molecule has 10 heteroatoms. The van der Waals surface area contributed by atoms with Crippen molar-refractivity contribution in [2.45, 2.75) is 58.0 Å². The monoisotopic (exact) mass is 396 g/mol. The first-order chi connectivity index (χ1) is 13.2. The summed E-state index contributed by atoms with van der Waals surface area (Å²) in [6.45, 7) is 4.10. The molecule has 156 valence electrons. The van der Waals surface area contributed by atoms with E-state index in [4.69, 9.17) is 4.74 Å². The summed E-state index contributed by atoms with van der Waals surface area (Å²) in [7, 11) is 0. The molecule has 1 saturated heterocycles. The van der Waals surface area contributed by atoms with E-state index in [0.29, 0.717) is 6.42 Å². The number of ether oxygens (including phenoxy) is 1. The Morgan fingerprint density at radius 3 is 2.61 bits per heavy atom. The molecule has 2 atom stereocenters. The zero-order chi connectivity index (χ0) is 20.9. The van der Waals surface area contributed by atoms with Crippen LogP contribution in [0.2, 0.25) is 0 Å². The van der Waals surface area contributed by atoms with Crippen LogP contribution in [-0.2, 0) is 23.9 Å². The topological polar surface area (TPSA) is 134 Å². The van der Waals surface area contributed by atoms with Crippen molar-refractivity contribution in [1.82, 2.24) is 20.9 Å². The van der Waals surface area contributed by atoms with Crippen LogP contribution in [0, 0.1) is 5.92 Å². The number of carbonyl (C=O) groups excluding carboxylic acids is 5. The zero-order valence-electron chi connectivity index (χ0n) is 16.5. The lowest BCUT2D eigenvalue weighted by atomic mass is 9.73. The maximum absolute atomic E-state index is 12.8. The van der Waals surface area contributed by atoms with E-state index in [9.17, 15) is 24.0 Å². The maximum atomic E-state index is 12.8. The summed E-state index contributed by atoms with van der Waals surface area (Å²) in [5, 5.41) is 7.66. The average Bonchev–Trinajstić information content (AvgIpc) is 2.85. The minimum Gasteiger partial charge on any atom is -0.454 e. The molecule has 5 amide bonds. The SMILES string of the molecule is CC(C)NC(=O)CNC(=O)COC(=O)CN1C(=O)N[C@]2(CCCC[C@H]2C)C1=O. The Bertz CT molecular complexity index is 664. The zero-order valence-corrected chi connectivity index (χ0v) is 16.5. The van der Waals surface area contributed by atoms with Gasteiger partial charge in [-0.05, 0) is 32.6 Å². The summed E-state index contributed by atoms with van der Waals surface area (Å²) < 4.78 is 4.82. The molecule has 0 aromatic heterocycles. The molecule has 1 aliphatic heterocycles. The van der Waals surface area contributed by atoms with E-state index in [-0.39, 0.29) is 24.4 Å². The van der Waals surface area contributed by atoms with Crippen molar-refractivity contribution in [3.63, 3.8) is 0 Å². The van der Waals surface area contributed by atoms with E-state index in [0.717, 1.165) is 24.2 Å². The number of nitrogens with zero attached hydrogens (tertiary/aromatic N) is 1. The highest BCUT2D eigenvalue weighted by Gasteiger charge is 2.55. The van der Waals surface area contributed by atoms with E-state index >= 15 is 0 Å². The number of esters is 1. The number of carbonyl (C=O) groups is 5. The summed E-state index contributed by atoms with van der Waals surface area (Å²) >= 11 is 0. The largest absolute Gasteiger partial charge is 0.454 e. The van der Waals surface area contributed by atoms with Crippen molar-refractivity contribution in [2.75, 3.05) is 19.7 Å². The lowest BCUT2D eigenvalue weighted by Gasteiger charge is -2.36. The highest BCUT2D eigenvalue weighted by molar-refractivity contribution is 6.09. The van der Waals surface area contributed by atoms with E-state index in [2.05, 4.69) is 16.0 Å². The Labute approximate surface area is 163 Å². The molecule has 0 aromatic carbocycles. The molecule has 1 aliphatic carbocycles. The van der Waals surface area contributed by atoms with Gasteiger partial charge >= 0.3 is 12.0 Å². The number of rotatable bonds is 7. The van der Waals surface area contributed by atoms with E-state index in [1.807, 2.05) is 6.92 Å². The molecule has 0 unspecified atom stereocenters. The minimum absolute atomic E-state index is 0.0125. The average molecular weight is 396 g/mol. The number of imide groups is 1. The van der Waals surface area contributed by atoms with Crippen LogP contribution in [0.15, 0.2) is 0 Å². The van der Waals surface area contributed by atoms with Gasteiger partial charge in [0.15, 0.2) is 6.61 Å². The summed E-state index contributed by atoms with van der Waals surface area (Å²) in [6.07, 6.45) is 3.21. The Hall–Kier alpha value is -2.65. The molecule has 28 heavy (non-hydrogen) atoms. The molecule has 10 nitrogen and oxygen atoms in total. The first-order valence-corrected chi connectivity index (χ1v) is 9.51. The first-order valence-electron chi connectivity index (χ1n) is 9.51. The van der Waals surface area contributed by atoms with Crippen molar-refractivity contribution >= 4 is 29.7 Å². The van der Waals surface area contributed by atoms with Gasteiger partial charge in [0.25, 0.3) is 11.8 Å². The van der Waals surface area contributed by atoms with Crippen LogP contribution in [0.5, 0.6) is 0 Å². The number of hydrogen-bond donors (Lipinski definition) is 3. The van der Waals surface area contributed by atoms with Crippen LogP contribution < -0.4 is 16.0 Å². The van der Waals surface area contributed by atoms with Crippen LogP contribution in [0.4, 0.5) is 4.79 Å². The second-order valence-corrected chi connectivity index (χ2v) is 7.60. The summed E-state index contributed by atoms with van der Waals surface area (Å²) in [6, 6.07) is -0.674. The molecule has 3 N–H and O–H groups in total. The molecule has 2 aliphatic rings. The molecule has 1 spiro atoms. The predicted octanol–water partition coefficient (Wildman–Crippen LogP) is -0.329. The van der Waals surface area contributed by atoms with Crippen molar-refractivity contribution in [3.8, 4) is 0 Å². The molecule has 2 rings (SSSR count). The van der Waals surface area contributed by atoms with Crippen LogP contribution in [0.1, 0.15) is 46.5 Å². The van der Waals surface area contributed by atoms with Crippen molar-refractivity contribution < 1.29 is 28.7 Å². The highest BCUT2D eigenvalue weighted by atomic mass is 16.5. The molecule has 0 radical (unpaired) electrons. The number of nitrogens with one attached hydrogen (secondary N) is 3. The Kier molecular flexibility index (Phi) is 6.98. The molecule has 0 aromatic rings. The van der Waals surface area contributed by atoms with Gasteiger partial charge in [-0.1, -0.05) is 19.8 Å². The molecular formula is C18H28N4O6. The summed E-state index contributed by atoms with van der Waals surface area (Å²) in [4.78, 5) is 60.9. The van der Waals surface area contributed by atoms with E-state index in [1.165, 1.54) is 0 Å². The van der Waals surface area contributed by atoms with Crippen molar-refractivity contribution in [2.24, 2.45) is 5.92 Å². The standard InChI is InChI=1S/C18H28N4O6/c1-11(2)20-13(23)8-19-14(24)10-28-15(25)9-22-16(26)18(21-17(22)27)7-5-4-6-12(18)3/h11-12H,4-10H2,1-3H3,(H,19,24)(H,20,23)(H,21,27)/t12-,18+/m1/s1. The van der Waals surface area contributed by atoms with Gasteiger partial charge in [0.2, 0.25) is 5.91 Å². The highest BCUT2D eigenvalue weighted by Crippen LogP contribution is 2.38. The second-order valence-electron chi connectivity index (χ2n) is 7.60. The van der Waals surface area contributed by atoms with Crippen LogP contribution in [0.3, 0.4) is 0 Å². The van der Waals surface area contributed by atoms with Gasteiger partial charge in [0.1, 0.15) is 12.1 Å². The molecular weight excluding hydrogens is 368 g/mol. The van der Waals surface area contributed by atoms with Gasteiger partial charge in [-0.3, -0.25) is 24.1 Å². The fourth-order valence-corrected chi connectivity index (χ4v) is 3.56. The smallest absolute Gasteiger partial charge is 0.326 e. The lowest BCUT2D eigenvalue weighted by molar-refractivity contribution is -0.151. The van der Waals surface area contributed by atoms with Crippen LogP contribution >= 0.6 is 0 Å². The van der Waals surface area contributed by atoms with Gasteiger partial charge in [-0.15, -0.1) is 0 Å². The third-order valence-electron chi connectivity index (χ3n) is 5.05. The molecule has 0 bridgehead atoms. The van der Waals surface area contributed by atoms with Crippen LogP contribution in [0.25, 0.3) is 0 Å². The number of hydrogen-bond acceptors (Lipinski definition) is 6. The molecule has 1 heterocycles. The van der Waals surface area contributed by atoms with Crippen molar-refractivity contribution in [3.05, 3.63) is 0 Å². The number of urea groups is 1. The van der Waals surface area contributed by atoms with Crippen LogP contribution in [-0.4, -0.2) is 65.9 Å². The predicted molar refractivity (Wildman–Crippen MR) is 97.9 cm³/mol. The van der Waals surface area contributed by atoms with Gasteiger partial charge < -0.3 is 20.7 Å². The fourth-order valence-electron chi connectivity index (χ4n) is 3.56. The van der Waals surface area contributed by atoms with Gasteiger partial charge in [-0.25, -0.2) is 4.79 Å². The summed E-state index contributed by atoms with van der Waals surface area (Å²) in [5.41, 5.74) is -0.948. The first kappa shape index (κ1) is 21.6. The molecule has 1 saturated carbocycles. The Morgan fingerprint density at radius 2 is 1.96 bits per heavy atom. The minimum atomic E-state index is -0.948. The van der Waals surface area contributed by atoms with E-state index < -0.39 is 42.5 Å². The normalized spacial score (nSPS) is 24.3. The quantitative estimate of drug-likeness (QED) is 0.399. The van der Waals surface area contributed by atoms with Crippen molar-refractivity contribution in [1.29, 1.82) is 0 Å². The maximum Gasteiger partial charge on any atom is 0.326 e. The van der Waals surface area contributed by atoms with Gasteiger partial charge in [-0.2, -0.15) is 0 Å². The Balaban J connectivity index is 1.80. The Morgan fingerprint density at radius 1 is 1.25 bits per heavy atom. The number of amides is 5. The molecule has 2 fully saturated rings. The summed E-state index contributed by atoms with van der Waals surface area (Å²) in [5.74, 6) is -2.31. The second kappa shape index (κ2) is 9.03. The van der Waals surface area contributed by atoms with Gasteiger partial charge in [0, 0.05) is 6.04 Å². The lowest BCUT2D eigenvalue weighted by Crippen LogP contribution is -2.54. The fraction of sp³-hybridized carbons (Fsp3) is 0.722. The third kappa shape index (κ3) is 4.99. The third-order valence-corrected chi connectivity index (χ3v) is 5.05.